The first kappa shape index (κ1) is 18.9. The molecule has 1 aromatic rings. The molecule has 1 rings (SSSR count). The molecule has 2 nitrogen and oxygen atoms in total. The molecule has 1 N–H and O–H groups in total. The zero-order valence-electron chi connectivity index (χ0n) is 13.9. The summed E-state index contributed by atoms with van der Waals surface area (Å²) in [5, 5.41) is 9.57. The third kappa shape index (κ3) is 10.6. The van der Waals surface area contributed by atoms with Crippen LogP contribution in [0.25, 0.3) is 0 Å². The van der Waals surface area contributed by atoms with E-state index in [1.807, 2.05) is 6.07 Å². The first-order chi connectivity index (χ1) is 10.8. The van der Waals surface area contributed by atoms with Crippen molar-refractivity contribution >= 4 is 0 Å². The molecule has 0 aromatic heterocycles. The van der Waals surface area contributed by atoms with Crippen molar-refractivity contribution in [1.29, 1.82) is 0 Å². The molecule has 0 aliphatic rings. The predicted octanol–water partition coefficient (Wildman–Crippen LogP) is 5.26. The van der Waals surface area contributed by atoms with Gasteiger partial charge in [0.15, 0.2) is 0 Å². The second-order valence-electron chi connectivity index (χ2n) is 5.98. The minimum absolute atomic E-state index is 0.181. The summed E-state index contributed by atoms with van der Waals surface area (Å²) in [7, 11) is 0. The third-order valence-corrected chi connectivity index (χ3v) is 3.88. The highest BCUT2D eigenvalue weighted by Gasteiger charge is 2.00. The fourth-order valence-corrected chi connectivity index (χ4v) is 2.54. The van der Waals surface area contributed by atoms with Crippen LogP contribution in [0.3, 0.4) is 0 Å². The van der Waals surface area contributed by atoms with Gasteiger partial charge in [0.2, 0.25) is 0 Å². The maximum atomic E-state index is 9.57. The molecule has 0 amide bonds. The molecule has 0 aliphatic carbocycles. The van der Waals surface area contributed by atoms with Gasteiger partial charge in [-0.3, -0.25) is 0 Å². The van der Waals surface area contributed by atoms with Gasteiger partial charge in [0.05, 0.1) is 12.7 Å². The standard InChI is InChI=1S/C20H32O2/c1-2-13-20(21)16-11-6-4-3-5-7-12-17-22-18-19-14-9-8-10-15-19/h2,8-10,14-15,20-21H,1,3-7,11-13,16-18H2/t20-/m0/s1. The normalized spacial score (nSPS) is 12.2. The Balaban J connectivity index is 1.79. The van der Waals surface area contributed by atoms with E-state index < -0.39 is 0 Å². The average molecular weight is 304 g/mol. The summed E-state index contributed by atoms with van der Waals surface area (Å²) in [6, 6.07) is 10.3. The van der Waals surface area contributed by atoms with E-state index in [1.54, 1.807) is 6.08 Å². The highest BCUT2D eigenvalue weighted by atomic mass is 16.5. The summed E-state index contributed by atoms with van der Waals surface area (Å²) in [5.41, 5.74) is 1.25. The van der Waals surface area contributed by atoms with Crippen LogP contribution in [0.1, 0.15) is 63.4 Å². The van der Waals surface area contributed by atoms with Gasteiger partial charge in [-0.25, -0.2) is 0 Å². The second kappa shape index (κ2) is 13.5. The summed E-state index contributed by atoms with van der Waals surface area (Å²) in [6.45, 7) is 5.24. The Kier molecular flexibility index (Phi) is 11.6. The molecule has 1 atom stereocenters. The molecule has 0 unspecified atom stereocenters. The van der Waals surface area contributed by atoms with Crippen LogP contribution in [0, 0.1) is 0 Å². The summed E-state index contributed by atoms with van der Waals surface area (Å²) < 4.78 is 5.68. The maximum Gasteiger partial charge on any atom is 0.0716 e. The van der Waals surface area contributed by atoms with E-state index in [2.05, 4.69) is 30.8 Å². The second-order valence-corrected chi connectivity index (χ2v) is 5.98. The zero-order valence-corrected chi connectivity index (χ0v) is 13.9. The molecule has 124 valence electrons. The van der Waals surface area contributed by atoms with Crippen molar-refractivity contribution in [2.75, 3.05) is 6.61 Å². The minimum Gasteiger partial charge on any atom is -0.393 e. The van der Waals surface area contributed by atoms with Gasteiger partial charge >= 0.3 is 0 Å². The van der Waals surface area contributed by atoms with Crippen LogP contribution in [-0.4, -0.2) is 17.8 Å². The SMILES string of the molecule is C=CC[C@H](O)CCCCCCCCCOCc1ccccc1. The number of ether oxygens (including phenoxy) is 1. The molecule has 0 saturated carbocycles. The van der Waals surface area contributed by atoms with Crippen molar-refractivity contribution in [2.45, 2.75) is 70.5 Å². The number of hydrogen-bond acceptors (Lipinski definition) is 2. The van der Waals surface area contributed by atoms with Crippen LogP contribution in [0.4, 0.5) is 0 Å². The van der Waals surface area contributed by atoms with E-state index in [0.29, 0.717) is 0 Å². The Hall–Kier alpha value is -1.12. The van der Waals surface area contributed by atoms with Crippen molar-refractivity contribution < 1.29 is 9.84 Å². The van der Waals surface area contributed by atoms with Crippen LogP contribution < -0.4 is 0 Å². The Labute approximate surface area is 136 Å². The Morgan fingerprint density at radius 2 is 1.59 bits per heavy atom. The fraction of sp³-hybridized carbons (Fsp3) is 0.600. The Morgan fingerprint density at radius 1 is 0.955 bits per heavy atom. The van der Waals surface area contributed by atoms with Crippen molar-refractivity contribution in [1.82, 2.24) is 0 Å². The molecule has 0 spiro atoms. The number of rotatable bonds is 14. The number of benzene rings is 1. The lowest BCUT2D eigenvalue weighted by Gasteiger charge is -2.07. The molecule has 0 bridgehead atoms. The molecule has 0 radical (unpaired) electrons. The van der Waals surface area contributed by atoms with E-state index in [4.69, 9.17) is 4.74 Å². The van der Waals surface area contributed by atoms with Gasteiger partial charge in [-0.2, -0.15) is 0 Å². The first-order valence-corrected chi connectivity index (χ1v) is 8.73. The molecule has 1 aromatic carbocycles. The summed E-state index contributed by atoms with van der Waals surface area (Å²) in [5.74, 6) is 0. The van der Waals surface area contributed by atoms with Crippen LogP contribution in [0.15, 0.2) is 43.0 Å². The highest BCUT2D eigenvalue weighted by molar-refractivity contribution is 5.13. The van der Waals surface area contributed by atoms with Crippen LogP contribution in [-0.2, 0) is 11.3 Å². The fourth-order valence-electron chi connectivity index (χ4n) is 2.54. The summed E-state index contributed by atoms with van der Waals surface area (Å²) in [6.07, 6.45) is 11.9. The van der Waals surface area contributed by atoms with Gasteiger partial charge in [0.25, 0.3) is 0 Å². The van der Waals surface area contributed by atoms with Crippen LogP contribution in [0.2, 0.25) is 0 Å². The lowest BCUT2D eigenvalue weighted by molar-refractivity contribution is 0.116. The average Bonchev–Trinajstić information content (AvgIpc) is 2.54. The van der Waals surface area contributed by atoms with Crippen molar-refractivity contribution in [2.24, 2.45) is 0 Å². The van der Waals surface area contributed by atoms with E-state index >= 15 is 0 Å². The number of aliphatic hydroxyl groups excluding tert-OH is 1. The molecule has 0 aliphatic heterocycles. The van der Waals surface area contributed by atoms with Crippen LogP contribution in [0.5, 0.6) is 0 Å². The van der Waals surface area contributed by atoms with E-state index in [-0.39, 0.29) is 6.10 Å². The predicted molar refractivity (Wildman–Crippen MR) is 93.9 cm³/mol. The first-order valence-electron chi connectivity index (χ1n) is 8.73. The molecular weight excluding hydrogens is 272 g/mol. The van der Waals surface area contributed by atoms with Crippen LogP contribution >= 0.6 is 0 Å². The minimum atomic E-state index is -0.181. The Bertz CT molecular complexity index is 361. The Morgan fingerprint density at radius 3 is 2.27 bits per heavy atom. The smallest absolute Gasteiger partial charge is 0.0716 e. The largest absolute Gasteiger partial charge is 0.393 e. The van der Waals surface area contributed by atoms with E-state index in [0.717, 1.165) is 38.9 Å². The number of hydrogen-bond donors (Lipinski definition) is 1. The van der Waals surface area contributed by atoms with Crippen molar-refractivity contribution in [3.63, 3.8) is 0 Å². The van der Waals surface area contributed by atoms with Crippen molar-refractivity contribution in [3.8, 4) is 0 Å². The topological polar surface area (TPSA) is 29.5 Å². The van der Waals surface area contributed by atoms with Gasteiger partial charge in [-0.15, -0.1) is 6.58 Å². The molecule has 0 heterocycles. The molecule has 2 heteroatoms. The third-order valence-electron chi connectivity index (χ3n) is 3.88. The van der Waals surface area contributed by atoms with Crippen molar-refractivity contribution in [3.05, 3.63) is 48.6 Å². The van der Waals surface area contributed by atoms with Gasteiger partial charge in [-0.05, 0) is 24.8 Å². The lowest BCUT2D eigenvalue weighted by Crippen LogP contribution is -2.03. The van der Waals surface area contributed by atoms with Gasteiger partial charge in [-0.1, -0.05) is 74.9 Å². The molecular formula is C20H32O2. The molecule has 22 heavy (non-hydrogen) atoms. The van der Waals surface area contributed by atoms with Gasteiger partial charge in [0.1, 0.15) is 0 Å². The van der Waals surface area contributed by atoms with E-state index in [9.17, 15) is 5.11 Å². The lowest BCUT2D eigenvalue weighted by atomic mass is 10.0. The maximum absolute atomic E-state index is 9.57. The van der Waals surface area contributed by atoms with Gasteiger partial charge < -0.3 is 9.84 Å². The number of unbranched alkanes of at least 4 members (excludes halogenated alkanes) is 6. The van der Waals surface area contributed by atoms with Gasteiger partial charge in [0, 0.05) is 6.61 Å². The number of aliphatic hydroxyl groups is 1. The zero-order chi connectivity index (χ0) is 15.9. The summed E-state index contributed by atoms with van der Waals surface area (Å²) in [4.78, 5) is 0. The monoisotopic (exact) mass is 304 g/mol. The highest BCUT2D eigenvalue weighted by Crippen LogP contribution is 2.11. The molecule has 0 saturated heterocycles. The molecule has 0 fully saturated rings. The quantitative estimate of drug-likeness (QED) is 0.375. The van der Waals surface area contributed by atoms with E-state index in [1.165, 1.54) is 37.7 Å². The summed E-state index contributed by atoms with van der Waals surface area (Å²) >= 11 is 0.